The van der Waals surface area contributed by atoms with Crippen LogP contribution in [0.3, 0.4) is 0 Å². The molecule has 510 valence electrons. The number of benzene rings is 15. The van der Waals surface area contributed by atoms with Crippen molar-refractivity contribution in [1.82, 2.24) is 39.0 Å². The third-order valence-electron chi connectivity index (χ3n) is 20.8. The molecule has 8 nitrogen and oxygen atoms in total. The van der Waals surface area contributed by atoms with Gasteiger partial charge in [-0.15, -0.1) is 0 Å². The average molecular weight is 1380 g/mol. The lowest BCUT2D eigenvalue weighted by molar-refractivity contribution is 1.06. The van der Waals surface area contributed by atoms with Gasteiger partial charge in [0.1, 0.15) is 0 Å². The Balaban J connectivity index is 0.841. The molecule has 0 amide bonds. The van der Waals surface area contributed by atoms with Crippen molar-refractivity contribution in [3.8, 4) is 146 Å². The Morgan fingerprint density at radius 3 is 0.796 bits per heavy atom. The summed E-state index contributed by atoms with van der Waals surface area (Å²) in [6.45, 7) is 8.63. The Bertz CT molecular complexity index is 6390. The van der Waals surface area contributed by atoms with E-state index in [0.29, 0.717) is 34.9 Å². The molecule has 0 bridgehead atoms. The first-order valence-electron chi connectivity index (χ1n) is 36.7. The van der Waals surface area contributed by atoms with Crippen LogP contribution < -0.4 is 0 Å². The molecule has 4 aromatic heterocycles. The standard InChI is InChI=1S/C100H70N8/c1-63-22-17-34-71(50-63)77-40-45-90-85(58-77)86-59-78(72-35-18-23-64(2)51-72)41-46-91(86)107(90)84-56-82(55-83(57-84)99-103-95(67-26-9-5-10-27-67)101-96(104-99)68-28-11-6-12-29-68)76-39-21-38-75(54-76)81-44-49-94(89(62-81)100-105-97(69-30-13-7-14-31-69)102-98(106-100)70-32-15-8-16-33-70)108-92-47-42-79(73-36-19-24-65(3)52-73)60-87(92)88-61-80(43-48-93(88)108)74-37-20-25-66(4)53-74/h5-62H,1-4H3. The highest BCUT2D eigenvalue weighted by Crippen LogP contribution is 2.45. The highest BCUT2D eigenvalue weighted by Gasteiger charge is 2.24. The van der Waals surface area contributed by atoms with E-state index >= 15 is 0 Å². The first-order chi connectivity index (χ1) is 53.1. The molecule has 0 saturated heterocycles. The van der Waals surface area contributed by atoms with E-state index in [-0.39, 0.29) is 0 Å². The van der Waals surface area contributed by atoms with Crippen molar-refractivity contribution in [2.24, 2.45) is 0 Å². The molecule has 0 spiro atoms. The summed E-state index contributed by atoms with van der Waals surface area (Å²) >= 11 is 0. The van der Waals surface area contributed by atoms with Gasteiger partial charge in [-0.2, -0.15) is 0 Å². The number of aryl methyl sites for hydroxylation is 4. The molecular formula is C100H70N8. The molecular weight excluding hydrogens is 1310 g/mol. The molecule has 0 aliphatic carbocycles. The summed E-state index contributed by atoms with van der Waals surface area (Å²) in [5.41, 5.74) is 29.5. The molecule has 19 aromatic rings. The van der Waals surface area contributed by atoms with Crippen LogP contribution >= 0.6 is 0 Å². The summed E-state index contributed by atoms with van der Waals surface area (Å²) in [5, 5.41) is 4.57. The zero-order valence-corrected chi connectivity index (χ0v) is 60.1. The Morgan fingerprint density at radius 2 is 0.435 bits per heavy atom. The van der Waals surface area contributed by atoms with Crippen LogP contribution in [0, 0.1) is 27.7 Å². The van der Waals surface area contributed by atoms with Crippen molar-refractivity contribution in [1.29, 1.82) is 0 Å². The van der Waals surface area contributed by atoms with Gasteiger partial charge in [0.25, 0.3) is 0 Å². The van der Waals surface area contributed by atoms with E-state index < -0.39 is 0 Å². The molecule has 0 unspecified atom stereocenters. The van der Waals surface area contributed by atoms with Gasteiger partial charge in [-0.1, -0.05) is 289 Å². The maximum atomic E-state index is 5.51. The predicted molar refractivity (Wildman–Crippen MR) is 446 cm³/mol. The van der Waals surface area contributed by atoms with Crippen molar-refractivity contribution in [2.75, 3.05) is 0 Å². The molecule has 4 heterocycles. The van der Waals surface area contributed by atoms with Crippen molar-refractivity contribution < 1.29 is 0 Å². The predicted octanol–water partition coefficient (Wildman–Crippen LogP) is 25.5. The maximum Gasteiger partial charge on any atom is 0.166 e. The SMILES string of the molecule is Cc1cccc(-c2ccc3c(c2)c2cc(-c4cccc(C)c4)ccc2n3-c2cc(-c3cccc(-c4ccc(-n5c6ccc(-c7cccc(C)c7)cc6c6cc(-c7cccc(C)c7)ccc65)c(-c5nc(-c6ccccc6)nc(-c6ccccc6)n5)c4)c3)cc(-c3nc(-c4ccccc4)nc(-c4ccccc4)n3)c2)c1. The molecule has 0 N–H and O–H groups in total. The van der Waals surface area contributed by atoms with E-state index in [1.54, 1.807) is 0 Å². The summed E-state index contributed by atoms with van der Waals surface area (Å²) in [4.78, 5) is 32.2. The topological polar surface area (TPSA) is 87.2 Å². The Hall–Kier alpha value is -14.1. The molecule has 15 aromatic carbocycles. The van der Waals surface area contributed by atoms with E-state index in [1.807, 2.05) is 72.8 Å². The Labute approximate surface area is 627 Å². The second-order valence-corrected chi connectivity index (χ2v) is 28.2. The van der Waals surface area contributed by atoms with Gasteiger partial charge in [-0.05, 0) is 179 Å². The minimum atomic E-state index is 0.543. The van der Waals surface area contributed by atoms with Crippen molar-refractivity contribution in [2.45, 2.75) is 27.7 Å². The number of nitrogens with zero attached hydrogens (tertiary/aromatic N) is 8. The summed E-state index contributed by atoms with van der Waals surface area (Å²) in [5.74, 6) is 3.42. The fourth-order valence-corrected chi connectivity index (χ4v) is 15.5. The third kappa shape index (κ3) is 12.3. The number of fused-ring (bicyclic) bond motifs is 6. The Kier molecular flexibility index (Phi) is 16.3. The fourth-order valence-electron chi connectivity index (χ4n) is 15.5. The smallest absolute Gasteiger partial charge is 0.166 e. The lowest BCUT2D eigenvalue weighted by Gasteiger charge is -2.17. The highest BCUT2D eigenvalue weighted by molar-refractivity contribution is 6.13. The normalized spacial score (nSPS) is 11.5. The zero-order valence-electron chi connectivity index (χ0n) is 60.1. The molecule has 0 aliphatic heterocycles. The summed E-state index contributed by atoms with van der Waals surface area (Å²) in [7, 11) is 0. The molecule has 0 radical (unpaired) electrons. The maximum absolute atomic E-state index is 5.51. The second kappa shape index (κ2) is 27.2. The minimum Gasteiger partial charge on any atom is -0.309 e. The fraction of sp³-hybridized carbons (Fsp3) is 0.0400. The van der Waals surface area contributed by atoms with E-state index in [2.05, 4.69) is 316 Å². The molecule has 8 heteroatoms. The van der Waals surface area contributed by atoms with Crippen LogP contribution in [-0.4, -0.2) is 39.0 Å². The van der Waals surface area contributed by atoms with E-state index in [0.717, 1.165) is 133 Å². The molecule has 0 saturated carbocycles. The zero-order chi connectivity index (χ0) is 72.3. The molecule has 0 atom stereocenters. The molecule has 108 heavy (non-hydrogen) atoms. The molecule has 0 aliphatic rings. The van der Waals surface area contributed by atoms with Gasteiger partial charge < -0.3 is 9.13 Å². The van der Waals surface area contributed by atoms with Crippen LogP contribution in [0.4, 0.5) is 0 Å². The van der Waals surface area contributed by atoms with Gasteiger partial charge in [0.15, 0.2) is 34.9 Å². The van der Waals surface area contributed by atoms with E-state index in [4.69, 9.17) is 29.9 Å². The van der Waals surface area contributed by atoms with Gasteiger partial charge in [-0.25, -0.2) is 29.9 Å². The van der Waals surface area contributed by atoms with Gasteiger partial charge in [0.05, 0.1) is 27.8 Å². The van der Waals surface area contributed by atoms with Crippen molar-refractivity contribution in [3.05, 3.63) is 374 Å². The van der Waals surface area contributed by atoms with Crippen LogP contribution in [-0.2, 0) is 0 Å². The number of aromatic nitrogens is 8. The van der Waals surface area contributed by atoms with E-state index in [1.165, 1.54) is 44.5 Å². The molecule has 19 rings (SSSR count). The first-order valence-corrected chi connectivity index (χ1v) is 36.7. The summed E-state index contributed by atoms with van der Waals surface area (Å²) in [6.07, 6.45) is 0. The van der Waals surface area contributed by atoms with Crippen molar-refractivity contribution >= 4 is 43.6 Å². The van der Waals surface area contributed by atoms with E-state index in [9.17, 15) is 0 Å². The van der Waals surface area contributed by atoms with Gasteiger partial charge in [-0.3, -0.25) is 0 Å². The monoisotopic (exact) mass is 1380 g/mol. The largest absolute Gasteiger partial charge is 0.309 e. The van der Waals surface area contributed by atoms with Gasteiger partial charge >= 0.3 is 0 Å². The number of hydrogen-bond donors (Lipinski definition) is 0. The third-order valence-corrected chi connectivity index (χ3v) is 20.8. The lowest BCUT2D eigenvalue weighted by atomic mass is 9.95. The number of hydrogen-bond acceptors (Lipinski definition) is 6. The minimum absolute atomic E-state index is 0.543. The van der Waals surface area contributed by atoms with Crippen LogP contribution in [0.25, 0.3) is 190 Å². The first kappa shape index (κ1) is 64.7. The molecule has 0 fully saturated rings. The van der Waals surface area contributed by atoms with Crippen LogP contribution in [0.2, 0.25) is 0 Å². The van der Waals surface area contributed by atoms with Gasteiger partial charge in [0, 0.05) is 60.6 Å². The van der Waals surface area contributed by atoms with Gasteiger partial charge in [0.2, 0.25) is 0 Å². The highest BCUT2D eigenvalue weighted by atomic mass is 15.1. The summed E-state index contributed by atoms with van der Waals surface area (Å²) in [6, 6.07) is 126. The summed E-state index contributed by atoms with van der Waals surface area (Å²) < 4.78 is 4.84. The number of rotatable bonds is 14. The average Bonchev–Trinajstić information content (AvgIpc) is 1.57. The quantitative estimate of drug-likeness (QED) is 0.108. The van der Waals surface area contributed by atoms with Crippen molar-refractivity contribution in [3.63, 3.8) is 0 Å². The lowest BCUT2D eigenvalue weighted by Crippen LogP contribution is -2.04. The van der Waals surface area contributed by atoms with Crippen LogP contribution in [0.1, 0.15) is 22.3 Å². The Morgan fingerprint density at radius 1 is 0.176 bits per heavy atom. The second-order valence-electron chi connectivity index (χ2n) is 28.2. The van der Waals surface area contributed by atoms with Crippen LogP contribution in [0.5, 0.6) is 0 Å². The van der Waals surface area contributed by atoms with Crippen LogP contribution in [0.15, 0.2) is 352 Å².